The largest absolute Gasteiger partial charge is 0.261 e. The molecule has 5 rings (SSSR count). The van der Waals surface area contributed by atoms with Crippen molar-refractivity contribution in [2.24, 2.45) is 0 Å². The molecular formula is C20H15N. The average Bonchev–Trinajstić information content (AvgIpc) is 2.69. The van der Waals surface area contributed by atoms with Gasteiger partial charge in [0.15, 0.2) is 0 Å². The molecule has 100 valence electrons. The quantitative estimate of drug-likeness (QED) is 0.438. The van der Waals surface area contributed by atoms with Crippen molar-refractivity contribution in [3.8, 4) is 11.1 Å². The second kappa shape index (κ2) is 4.05. The Balaban J connectivity index is 1.92. The maximum Gasteiger partial charge on any atom is 0.0488 e. The second-order valence-electron chi connectivity index (χ2n) is 5.94. The van der Waals surface area contributed by atoms with Crippen LogP contribution in [0.1, 0.15) is 29.7 Å². The van der Waals surface area contributed by atoms with Gasteiger partial charge in [0, 0.05) is 17.5 Å². The Morgan fingerprint density at radius 1 is 0.857 bits per heavy atom. The van der Waals surface area contributed by atoms with Gasteiger partial charge in [0.05, 0.1) is 0 Å². The number of hydrogen-bond donors (Lipinski definition) is 0. The molecule has 0 saturated carbocycles. The van der Waals surface area contributed by atoms with Gasteiger partial charge in [-0.1, -0.05) is 30.3 Å². The minimum atomic E-state index is 1.09. The molecule has 0 N–H and O–H groups in total. The maximum atomic E-state index is 4.64. The first-order valence-corrected chi connectivity index (χ1v) is 7.64. The van der Waals surface area contributed by atoms with E-state index in [0.717, 1.165) is 12.8 Å². The Bertz CT molecular complexity index is 918. The van der Waals surface area contributed by atoms with E-state index in [-0.39, 0.29) is 0 Å². The number of allylic oxidation sites excluding steroid dienone is 1. The zero-order valence-electron chi connectivity index (χ0n) is 11.8. The maximum absolute atomic E-state index is 4.64. The van der Waals surface area contributed by atoms with Gasteiger partial charge in [-0.25, -0.2) is 0 Å². The van der Waals surface area contributed by atoms with Gasteiger partial charge in [-0.3, -0.25) is 4.98 Å². The van der Waals surface area contributed by atoms with Gasteiger partial charge in [-0.15, -0.1) is 0 Å². The molecule has 0 bridgehead atoms. The van der Waals surface area contributed by atoms with Gasteiger partial charge in [0.1, 0.15) is 0 Å². The molecule has 2 aliphatic rings. The molecule has 0 atom stereocenters. The minimum Gasteiger partial charge on any atom is -0.261 e. The Hall–Kier alpha value is -2.41. The molecule has 1 nitrogen and oxygen atoms in total. The van der Waals surface area contributed by atoms with Crippen LogP contribution < -0.4 is 0 Å². The number of rotatable bonds is 0. The number of nitrogens with zero attached hydrogens (tertiary/aromatic N) is 1. The van der Waals surface area contributed by atoms with Crippen molar-refractivity contribution in [2.75, 3.05) is 0 Å². The van der Waals surface area contributed by atoms with Crippen molar-refractivity contribution in [1.82, 2.24) is 4.98 Å². The zero-order valence-corrected chi connectivity index (χ0v) is 11.8. The summed E-state index contributed by atoms with van der Waals surface area (Å²) in [5.74, 6) is 0. The van der Waals surface area contributed by atoms with E-state index in [0.29, 0.717) is 0 Å². The lowest BCUT2D eigenvalue weighted by Crippen LogP contribution is -1.93. The van der Waals surface area contributed by atoms with E-state index in [1.165, 1.54) is 50.7 Å². The van der Waals surface area contributed by atoms with Crippen molar-refractivity contribution in [3.63, 3.8) is 0 Å². The Morgan fingerprint density at radius 3 is 2.52 bits per heavy atom. The zero-order chi connectivity index (χ0) is 13.8. The number of hydrogen-bond acceptors (Lipinski definition) is 1. The SMILES string of the molecule is C1=C2c3cc4ccccc4cc3-c3ccnc(c32)CCC1. The highest BCUT2D eigenvalue weighted by molar-refractivity contribution is 6.06. The smallest absolute Gasteiger partial charge is 0.0488 e. The molecule has 1 heteroatoms. The summed E-state index contributed by atoms with van der Waals surface area (Å²) in [4.78, 5) is 4.64. The highest BCUT2D eigenvalue weighted by Crippen LogP contribution is 2.47. The van der Waals surface area contributed by atoms with Crippen LogP contribution in [-0.4, -0.2) is 4.98 Å². The summed E-state index contributed by atoms with van der Waals surface area (Å²) in [6.45, 7) is 0. The fourth-order valence-electron chi connectivity index (χ4n) is 3.77. The van der Waals surface area contributed by atoms with Crippen LogP contribution in [0.3, 0.4) is 0 Å². The molecule has 0 amide bonds. The van der Waals surface area contributed by atoms with E-state index in [2.05, 4.69) is 53.5 Å². The van der Waals surface area contributed by atoms with Crippen molar-refractivity contribution < 1.29 is 0 Å². The van der Waals surface area contributed by atoms with Crippen LogP contribution in [-0.2, 0) is 6.42 Å². The number of aromatic nitrogens is 1. The third kappa shape index (κ3) is 1.49. The molecule has 21 heavy (non-hydrogen) atoms. The normalized spacial score (nSPS) is 15.3. The van der Waals surface area contributed by atoms with Crippen molar-refractivity contribution in [2.45, 2.75) is 19.3 Å². The minimum absolute atomic E-state index is 1.09. The molecule has 1 aromatic heterocycles. The molecule has 2 aromatic carbocycles. The van der Waals surface area contributed by atoms with Gasteiger partial charge < -0.3 is 0 Å². The molecule has 1 heterocycles. The summed E-state index contributed by atoms with van der Waals surface area (Å²) in [5.41, 5.74) is 8.21. The van der Waals surface area contributed by atoms with Crippen molar-refractivity contribution in [1.29, 1.82) is 0 Å². The first-order chi connectivity index (χ1) is 10.4. The van der Waals surface area contributed by atoms with E-state index >= 15 is 0 Å². The lowest BCUT2D eigenvalue weighted by molar-refractivity contribution is 0.826. The molecule has 2 aliphatic carbocycles. The van der Waals surface area contributed by atoms with Crippen LogP contribution in [0, 0.1) is 0 Å². The van der Waals surface area contributed by atoms with Crippen LogP contribution in [0.5, 0.6) is 0 Å². The van der Waals surface area contributed by atoms with E-state index in [1.807, 2.05) is 6.20 Å². The van der Waals surface area contributed by atoms with E-state index in [4.69, 9.17) is 0 Å². The number of aryl methyl sites for hydroxylation is 1. The predicted molar refractivity (Wildman–Crippen MR) is 87.2 cm³/mol. The molecule has 0 aliphatic heterocycles. The van der Waals surface area contributed by atoms with Crippen LogP contribution >= 0.6 is 0 Å². The molecule has 0 unspecified atom stereocenters. The molecule has 3 aromatic rings. The topological polar surface area (TPSA) is 12.9 Å². The Labute approximate surface area is 124 Å². The summed E-state index contributed by atoms with van der Waals surface area (Å²) in [6.07, 6.45) is 7.84. The lowest BCUT2D eigenvalue weighted by Gasteiger charge is -2.05. The lowest BCUT2D eigenvalue weighted by atomic mass is 9.99. The number of pyridine rings is 1. The van der Waals surface area contributed by atoms with Crippen molar-refractivity contribution in [3.05, 3.63) is 71.6 Å². The van der Waals surface area contributed by atoms with Gasteiger partial charge in [-0.2, -0.15) is 0 Å². The molecule has 0 fully saturated rings. The van der Waals surface area contributed by atoms with Crippen LogP contribution in [0.4, 0.5) is 0 Å². The monoisotopic (exact) mass is 269 g/mol. The molecular weight excluding hydrogens is 254 g/mol. The molecule has 0 saturated heterocycles. The predicted octanol–water partition coefficient (Wildman–Crippen LogP) is 4.98. The van der Waals surface area contributed by atoms with Gasteiger partial charge in [-0.05, 0) is 70.5 Å². The summed E-state index contributed by atoms with van der Waals surface area (Å²) in [7, 11) is 0. The summed E-state index contributed by atoms with van der Waals surface area (Å²) >= 11 is 0. The Morgan fingerprint density at radius 2 is 1.67 bits per heavy atom. The highest BCUT2D eigenvalue weighted by Gasteiger charge is 2.27. The fraction of sp³-hybridized carbons (Fsp3) is 0.150. The number of benzene rings is 2. The summed E-state index contributed by atoms with van der Waals surface area (Å²) in [6, 6.07) is 15.5. The van der Waals surface area contributed by atoms with Crippen LogP contribution in [0.15, 0.2) is 54.7 Å². The van der Waals surface area contributed by atoms with Crippen LogP contribution in [0.25, 0.3) is 27.5 Å². The summed E-state index contributed by atoms with van der Waals surface area (Å²) < 4.78 is 0. The fourth-order valence-corrected chi connectivity index (χ4v) is 3.77. The van der Waals surface area contributed by atoms with Gasteiger partial charge >= 0.3 is 0 Å². The summed E-state index contributed by atoms with van der Waals surface area (Å²) in [5, 5.41) is 2.64. The Kier molecular flexibility index (Phi) is 2.17. The van der Waals surface area contributed by atoms with E-state index in [1.54, 1.807) is 0 Å². The molecule has 0 radical (unpaired) electrons. The van der Waals surface area contributed by atoms with Crippen molar-refractivity contribution >= 4 is 16.3 Å². The van der Waals surface area contributed by atoms with E-state index < -0.39 is 0 Å². The second-order valence-corrected chi connectivity index (χ2v) is 5.94. The third-order valence-electron chi connectivity index (χ3n) is 4.73. The third-order valence-corrected chi connectivity index (χ3v) is 4.73. The number of fused-ring (bicyclic) bond motifs is 4. The average molecular weight is 269 g/mol. The first kappa shape index (κ1) is 11.3. The molecule has 0 spiro atoms. The van der Waals surface area contributed by atoms with E-state index in [9.17, 15) is 0 Å². The van der Waals surface area contributed by atoms with Gasteiger partial charge in [0.2, 0.25) is 0 Å². The first-order valence-electron chi connectivity index (χ1n) is 7.64. The van der Waals surface area contributed by atoms with Gasteiger partial charge in [0.25, 0.3) is 0 Å². The highest BCUT2D eigenvalue weighted by atomic mass is 14.7. The van der Waals surface area contributed by atoms with Crippen LogP contribution in [0.2, 0.25) is 0 Å². The standard InChI is InChI=1S/C20H15N/c1-2-6-14-12-18-16-9-10-21-19-8-4-3-7-15(20(16)19)17(18)11-13(14)5-1/h1-2,5-7,9-12H,3-4,8H2.